The van der Waals surface area contributed by atoms with Crippen molar-refractivity contribution in [1.82, 2.24) is 5.32 Å². The average Bonchev–Trinajstić information content (AvgIpc) is 2.52. The van der Waals surface area contributed by atoms with Gasteiger partial charge in [0.15, 0.2) is 0 Å². The molecule has 2 N–H and O–H groups in total. The molecule has 2 amide bonds. The molecule has 0 aliphatic heterocycles. The van der Waals surface area contributed by atoms with Crippen molar-refractivity contribution in [3.8, 4) is 0 Å². The summed E-state index contributed by atoms with van der Waals surface area (Å²) in [4.78, 5) is 24.3. The molecule has 0 fully saturated rings. The molecule has 0 unspecified atom stereocenters. The van der Waals surface area contributed by atoms with Gasteiger partial charge in [0.25, 0.3) is 0 Å². The molecule has 0 saturated heterocycles. The predicted molar refractivity (Wildman–Crippen MR) is 90.7 cm³/mol. The number of para-hydroxylation sites is 1. The van der Waals surface area contributed by atoms with Crippen LogP contribution in [0.25, 0.3) is 0 Å². The summed E-state index contributed by atoms with van der Waals surface area (Å²) in [5.74, 6) is -0.166. The Morgan fingerprint density at radius 1 is 1.00 bits per heavy atom. The second kappa shape index (κ2) is 10.8. The van der Waals surface area contributed by atoms with Crippen molar-refractivity contribution in [2.75, 3.05) is 5.32 Å². The molecule has 0 heterocycles. The van der Waals surface area contributed by atoms with Crippen LogP contribution in [0.4, 0.5) is 5.69 Å². The van der Waals surface area contributed by atoms with E-state index in [1.54, 1.807) is 0 Å². The molecule has 0 aliphatic rings. The van der Waals surface area contributed by atoms with Crippen molar-refractivity contribution < 1.29 is 9.59 Å². The number of carbonyl (C=O) groups excluding carboxylic acids is 2. The first-order valence-corrected chi connectivity index (χ1v) is 8.32. The van der Waals surface area contributed by atoms with Gasteiger partial charge >= 0.3 is 0 Å². The Bertz CT molecular complexity index is 446. The zero-order chi connectivity index (χ0) is 16.2. The highest BCUT2D eigenvalue weighted by Gasteiger charge is 2.20. The van der Waals surface area contributed by atoms with E-state index in [4.69, 9.17) is 0 Å². The molecule has 4 nitrogen and oxygen atoms in total. The molecule has 0 radical (unpaired) electrons. The van der Waals surface area contributed by atoms with Gasteiger partial charge in [0.1, 0.15) is 6.04 Å². The number of anilines is 1. The van der Waals surface area contributed by atoms with Crippen LogP contribution in [-0.4, -0.2) is 17.9 Å². The average molecular weight is 304 g/mol. The number of hydrogen-bond acceptors (Lipinski definition) is 2. The van der Waals surface area contributed by atoms with Crippen LogP contribution >= 0.6 is 0 Å². The molecule has 22 heavy (non-hydrogen) atoms. The number of hydrogen-bond donors (Lipinski definition) is 2. The van der Waals surface area contributed by atoms with Gasteiger partial charge < -0.3 is 10.6 Å². The van der Waals surface area contributed by atoms with E-state index in [0.717, 1.165) is 37.8 Å². The Morgan fingerprint density at radius 2 is 1.68 bits per heavy atom. The van der Waals surface area contributed by atoms with E-state index in [-0.39, 0.29) is 11.8 Å². The van der Waals surface area contributed by atoms with Gasteiger partial charge in [0.2, 0.25) is 11.8 Å². The smallest absolute Gasteiger partial charge is 0.246 e. The third kappa shape index (κ3) is 7.25. The van der Waals surface area contributed by atoms with Crippen LogP contribution in [0.3, 0.4) is 0 Å². The van der Waals surface area contributed by atoms with Crippen LogP contribution in [0.2, 0.25) is 0 Å². The van der Waals surface area contributed by atoms with E-state index >= 15 is 0 Å². The van der Waals surface area contributed by atoms with Crippen molar-refractivity contribution in [3.05, 3.63) is 30.3 Å². The lowest BCUT2D eigenvalue weighted by Crippen LogP contribution is -2.43. The summed E-state index contributed by atoms with van der Waals surface area (Å²) in [6.45, 7) is 4.19. The largest absolute Gasteiger partial charge is 0.344 e. The van der Waals surface area contributed by atoms with Crippen molar-refractivity contribution in [3.63, 3.8) is 0 Å². The SMILES string of the molecule is CCCCCC(=O)N[C@@H](CCCC)C(=O)Nc1ccccc1. The minimum absolute atomic E-state index is 0.0298. The van der Waals surface area contributed by atoms with Crippen LogP contribution in [-0.2, 0) is 9.59 Å². The maximum Gasteiger partial charge on any atom is 0.246 e. The molecule has 1 aromatic carbocycles. The van der Waals surface area contributed by atoms with Gasteiger partial charge in [-0.3, -0.25) is 9.59 Å². The monoisotopic (exact) mass is 304 g/mol. The van der Waals surface area contributed by atoms with E-state index in [2.05, 4.69) is 24.5 Å². The summed E-state index contributed by atoms with van der Waals surface area (Å²) >= 11 is 0. The topological polar surface area (TPSA) is 58.2 Å². The van der Waals surface area contributed by atoms with Crippen LogP contribution in [0.1, 0.15) is 58.8 Å². The standard InChI is InChI=1S/C18H28N2O2/c1-3-5-8-14-17(21)20-16(13-6-4-2)18(22)19-15-11-9-7-10-12-15/h7,9-12,16H,3-6,8,13-14H2,1-2H3,(H,19,22)(H,20,21)/t16-/m0/s1. The number of amides is 2. The molecule has 1 atom stereocenters. The fourth-order valence-electron chi connectivity index (χ4n) is 2.23. The van der Waals surface area contributed by atoms with Crippen LogP contribution in [0, 0.1) is 0 Å². The molecule has 0 aliphatic carbocycles. The number of unbranched alkanes of at least 4 members (excludes halogenated alkanes) is 3. The summed E-state index contributed by atoms with van der Waals surface area (Å²) in [6.07, 6.45) is 6.10. The first-order valence-electron chi connectivity index (χ1n) is 8.32. The van der Waals surface area contributed by atoms with E-state index in [1.807, 2.05) is 30.3 Å². The predicted octanol–water partition coefficient (Wildman–Crippen LogP) is 3.88. The Morgan fingerprint density at radius 3 is 2.32 bits per heavy atom. The zero-order valence-electron chi connectivity index (χ0n) is 13.7. The molecular weight excluding hydrogens is 276 g/mol. The Balaban J connectivity index is 2.54. The molecule has 0 bridgehead atoms. The maximum absolute atomic E-state index is 12.4. The van der Waals surface area contributed by atoms with Gasteiger partial charge in [-0.25, -0.2) is 0 Å². The van der Waals surface area contributed by atoms with Gasteiger partial charge in [0, 0.05) is 12.1 Å². The van der Waals surface area contributed by atoms with E-state index in [1.165, 1.54) is 0 Å². The number of benzene rings is 1. The summed E-state index contributed by atoms with van der Waals surface area (Å²) in [7, 11) is 0. The molecule has 4 heteroatoms. The molecule has 0 spiro atoms. The van der Waals surface area contributed by atoms with E-state index in [9.17, 15) is 9.59 Å². The molecule has 1 aromatic rings. The van der Waals surface area contributed by atoms with Gasteiger partial charge in [-0.1, -0.05) is 57.7 Å². The highest BCUT2D eigenvalue weighted by molar-refractivity contribution is 5.97. The summed E-state index contributed by atoms with van der Waals surface area (Å²) in [5.41, 5.74) is 0.759. The highest BCUT2D eigenvalue weighted by Crippen LogP contribution is 2.09. The van der Waals surface area contributed by atoms with Gasteiger partial charge in [-0.05, 0) is 25.0 Å². The van der Waals surface area contributed by atoms with Crippen molar-refractivity contribution in [2.45, 2.75) is 64.8 Å². The quantitative estimate of drug-likeness (QED) is 0.644. The summed E-state index contributed by atoms with van der Waals surface area (Å²) in [6, 6.07) is 8.89. The normalized spacial score (nSPS) is 11.7. The fourth-order valence-corrected chi connectivity index (χ4v) is 2.23. The van der Waals surface area contributed by atoms with Crippen molar-refractivity contribution in [2.24, 2.45) is 0 Å². The zero-order valence-corrected chi connectivity index (χ0v) is 13.7. The highest BCUT2D eigenvalue weighted by atomic mass is 16.2. The Kier molecular flexibility index (Phi) is 8.96. The molecule has 0 saturated carbocycles. The lowest BCUT2D eigenvalue weighted by atomic mass is 10.1. The molecule has 1 rings (SSSR count). The third-order valence-corrected chi connectivity index (χ3v) is 3.55. The second-order valence-corrected chi connectivity index (χ2v) is 5.57. The van der Waals surface area contributed by atoms with Crippen molar-refractivity contribution in [1.29, 1.82) is 0 Å². The van der Waals surface area contributed by atoms with Gasteiger partial charge in [0.05, 0.1) is 0 Å². The Hall–Kier alpha value is -1.84. The molecular formula is C18H28N2O2. The minimum atomic E-state index is -0.450. The number of nitrogens with one attached hydrogen (secondary N) is 2. The first kappa shape index (κ1) is 18.2. The lowest BCUT2D eigenvalue weighted by Gasteiger charge is -2.18. The third-order valence-electron chi connectivity index (χ3n) is 3.55. The summed E-state index contributed by atoms with van der Waals surface area (Å²) in [5, 5.41) is 5.75. The van der Waals surface area contributed by atoms with E-state index < -0.39 is 6.04 Å². The second-order valence-electron chi connectivity index (χ2n) is 5.57. The lowest BCUT2D eigenvalue weighted by molar-refractivity contribution is -0.126. The van der Waals surface area contributed by atoms with Gasteiger partial charge in [-0.2, -0.15) is 0 Å². The molecule has 0 aromatic heterocycles. The number of carbonyl (C=O) groups is 2. The van der Waals surface area contributed by atoms with E-state index in [0.29, 0.717) is 12.8 Å². The fraction of sp³-hybridized carbons (Fsp3) is 0.556. The van der Waals surface area contributed by atoms with Crippen LogP contribution < -0.4 is 10.6 Å². The van der Waals surface area contributed by atoms with Crippen molar-refractivity contribution >= 4 is 17.5 Å². The minimum Gasteiger partial charge on any atom is -0.344 e. The maximum atomic E-state index is 12.4. The van der Waals surface area contributed by atoms with Crippen LogP contribution in [0.5, 0.6) is 0 Å². The number of rotatable bonds is 10. The molecule has 122 valence electrons. The van der Waals surface area contributed by atoms with Gasteiger partial charge in [-0.15, -0.1) is 0 Å². The Labute approximate surface area is 133 Å². The van der Waals surface area contributed by atoms with Crippen LogP contribution in [0.15, 0.2) is 30.3 Å². The first-order chi connectivity index (χ1) is 10.7. The summed E-state index contributed by atoms with van der Waals surface area (Å²) < 4.78 is 0.